The van der Waals surface area contributed by atoms with E-state index in [0.717, 1.165) is 73.4 Å². The highest BCUT2D eigenvalue weighted by Gasteiger charge is 2.53. The first-order chi connectivity index (χ1) is 34.2. The zero-order valence-corrected chi connectivity index (χ0v) is 37.4. The molecule has 0 unspecified atom stereocenters. The maximum absolute atomic E-state index is 6.82. The smallest absolute Gasteiger partial charge is 0.132 e. The molecule has 11 aromatic rings. The third-order valence-corrected chi connectivity index (χ3v) is 15.4. The quantitative estimate of drug-likeness (QED) is 0.176. The van der Waals surface area contributed by atoms with E-state index in [4.69, 9.17) is 9.47 Å². The van der Waals surface area contributed by atoms with Crippen molar-refractivity contribution in [3.05, 3.63) is 293 Å². The molecule has 0 radical (unpaired) electrons. The zero-order chi connectivity index (χ0) is 45.3. The van der Waals surface area contributed by atoms with Gasteiger partial charge >= 0.3 is 0 Å². The summed E-state index contributed by atoms with van der Waals surface area (Å²) in [5, 5.41) is 2.44. The Morgan fingerprint density at radius 2 is 0.652 bits per heavy atom. The maximum atomic E-state index is 6.82. The van der Waals surface area contributed by atoms with Gasteiger partial charge in [0.05, 0.1) is 16.5 Å². The molecule has 322 valence electrons. The fraction of sp³-hybridized carbons (Fsp3) is 0.0303. The number of ether oxygens (including phenoxy) is 2. The number of fused-ring (bicyclic) bond motifs is 19. The minimum Gasteiger partial charge on any atom is -0.457 e. The van der Waals surface area contributed by atoms with Crippen molar-refractivity contribution in [3.8, 4) is 56.4 Å². The Kier molecular flexibility index (Phi) is 7.92. The van der Waals surface area contributed by atoms with Gasteiger partial charge < -0.3 is 14.4 Å². The molecule has 11 aromatic carbocycles. The number of hydrogen-bond donors (Lipinski definition) is 0. The van der Waals surface area contributed by atoms with Crippen LogP contribution in [0.1, 0.15) is 44.5 Å². The monoisotopic (exact) mass is 879 g/mol. The molecule has 0 N–H and O–H groups in total. The van der Waals surface area contributed by atoms with Crippen LogP contribution in [0.3, 0.4) is 0 Å². The molecule has 2 aliphatic heterocycles. The third kappa shape index (κ3) is 5.11. The highest BCUT2D eigenvalue weighted by Crippen LogP contribution is 2.65. The van der Waals surface area contributed by atoms with Gasteiger partial charge in [-0.25, -0.2) is 0 Å². The van der Waals surface area contributed by atoms with E-state index in [-0.39, 0.29) is 0 Å². The molecule has 0 saturated carbocycles. The molecule has 2 heterocycles. The molecule has 0 aromatic heterocycles. The van der Waals surface area contributed by atoms with Crippen LogP contribution in [0.4, 0.5) is 17.1 Å². The zero-order valence-electron chi connectivity index (χ0n) is 37.4. The Bertz CT molecular complexity index is 3850. The van der Waals surface area contributed by atoms with Gasteiger partial charge in [0, 0.05) is 39.2 Å². The number of nitrogens with zero attached hydrogens (tertiary/aromatic N) is 1. The lowest BCUT2D eigenvalue weighted by atomic mass is 9.66. The molecule has 0 saturated heterocycles. The Morgan fingerprint density at radius 3 is 1.22 bits per heavy atom. The summed E-state index contributed by atoms with van der Waals surface area (Å²) < 4.78 is 13.6. The molecule has 69 heavy (non-hydrogen) atoms. The van der Waals surface area contributed by atoms with Gasteiger partial charge in [-0.2, -0.15) is 0 Å². The first-order valence-electron chi connectivity index (χ1n) is 23.8. The van der Waals surface area contributed by atoms with Crippen molar-refractivity contribution in [1.29, 1.82) is 0 Å². The van der Waals surface area contributed by atoms with E-state index in [9.17, 15) is 0 Å². The summed E-state index contributed by atoms with van der Waals surface area (Å²) in [5.41, 5.74) is 18.7. The summed E-state index contributed by atoms with van der Waals surface area (Å²) in [4.78, 5) is 2.50. The molecule has 2 aliphatic carbocycles. The largest absolute Gasteiger partial charge is 0.457 e. The second-order valence-corrected chi connectivity index (χ2v) is 18.7. The normalized spacial score (nSPS) is 14.3. The third-order valence-electron chi connectivity index (χ3n) is 15.4. The van der Waals surface area contributed by atoms with Crippen LogP contribution in [-0.4, -0.2) is 0 Å². The van der Waals surface area contributed by atoms with E-state index < -0.39 is 10.8 Å². The van der Waals surface area contributed by atoms with Crippen LogP contribution in [0, 0.1) is 0 Å². The average Bonchev–Trinajstić information content (AvgIpc) is 3.85. The maximum Gasteiger partial charge on any atom is 0.132 e. The Balaban J connectivity index is 1.04. The van der Waals surface area contributed by atoms with Crippen LogP contribution < -0.4 is 14.4 Å². The fourth-order valence-corrected chi connectivity index (χ4v) is 12.6. The number of para-hydroxylation sites is 5. The SMILES string of the molecule is c1ccc(-c2ccccc2N(c2ccc3c(c2)C2(c4ccccc4Oc4ccccc42)c2ccccc2-3)c2ccc3c(c2)C2(c4ccccc4Oc4ccccc42)c2cc4ccccc4cc2-3)cc1. The molecule has 4 aliphatic rings. The highest BCUT2D eigenvalue weighted by molar-refractivity contribution is 5.99. The van der Waals surface area contributed by atoms with Gasteiger partial charge in [0.25, 0.3) is 0 Å². The predicted octanol–water partition coefficient (Wildman–Crippen LogP) is 16.9. The summed E-state index contributed by atoms with van der Waals surface area (Å²) in [6, 6.07) is 91.1. The van der Waals surface area contributed by atoms with Gasteiger partial charge in [-0.1, -0.05) is 182 Å². The van der Waals surface area contributed by atoms with Crippen LogP contribution in [0.5, 0.6) is 23.0 Å². The Hall–Kier alpha value is -8.92. The number of anilines is 3. The van der Waals surface area contributed by atoms with Crippen molar-refractivity contribution in [2.45, 2.75) is 10.8 Å². The van der Waals surface area contributed by atoms with Gasteiger partial charge in [0.2, 0.25) is 0 Å². The second-order valence-electron chi connectivity index (χ2n) is 18.7. The molecular weight excluding hydrogens is 839 g/mol. The average molecular weight is 880 g/mol. The van der Waals surface area contributed by atoms with Crippen molar-refractivity contribution >= 4 is 27.8 Å². The van der Waals surface area contributed by atoms with Crippen molar-refractivity contribution in [2.24, 2.45) is 0 Å². The van der Waals surface area contributed by atoms with Crippen molar-refractivity contribution < 1.29 is 9.47 Å². The topological polar surface area (TPSA) is 21.7 Å². The number of hydrogen-bond acceptors (Lipinski definition) is 3. The molecule has 3 heteroatoms. The van der Waals surface area contributed by atoms with Crippen LogP contribution in [-0.2, 0) is 10.8 Å². The lowest BCUT2D eigenvalue weighted by Gasteiger charge is -2.40. The van der Waals surface area contributed by atoms with Crippen LogP contribution in [0.2, 0.25) is 0 Å². The van der Waals surface area contributed by atoms with E-state index in [2.05, 4.69) is 254 Å². The summed E-state index contributed by atoms with van der Waals surface area (Å²) in [6.07, 6.45) is 0. The molecule has 2 spiro atoms. The van der Waals surface area contributed by atoms with Crippen LogP contribution in [0.25, 0.3) is 44.2 Å². The molecule has 0 fully saturated rings. The molecule has 15 rings (SSSR count). The fourth-order valence-electron chi connectivity index (χ4n) is 12.6. The minimum atomic E-state index is -0.667. The number of rotatable bonds is 4. The Morgan fingerprint density at radius 1 is 0.261 bits per heavy atom. The van der Waals surface area contributed by atoms with E-state index >= 15 is 0 Å². The highest BCUT2D eigenvalue weighted by atomic mass is 16.5. The van der Waals surface area contributed by atoms with E-state index in [1.54, 1.807) is 0 Å². The van der Waals surface area contributed by atoms with E-state index in [0.29, 0.717) is 0 Å². The lowest BCUT2D eigenvalue weighted by Crippen LogP contribution is -2.32. The standard InChI is InChI=1S/C66H41NO2/c1-2-18-42(19-3-1)47-22-7-13-29-60(47)67(45-34-36-49-48-23-6-8-24-52(48)65(58(49)40-45)53-25-9-14-30-61(53)68-62-31-15-10-26-54(62)65)46-35-37-50-51-38-43-20-4-5-21-44(43)39-57(51)66(59(50)41-46)55-27-11-16-32-63(55)69-64-33-17-12-28-56(64)66/h1-41H. The summed E-state index contributed by atoms with van der Waals surface area (Å²) in [6.45, 7) is 0. The summed E-state index contributed by atoms with van der Waals surface area (Å²) >= 11 is 0. The van der Waals surface area contributed by atoms with E-state index in [1.807, 2.05) is 0 Å². The first kappa shape index (κ1) is 38.2. The molecule has 0 amide bonds. The van der Waals surface area contributed by atoms with Gasteiger partial charge in [0.15, 0.2) is 0 Å². The van der Waals surface area contributed by atoms with Gasteiger partial charge in [0.1, 0.15) is 23.0 Å². The van der Waals surface area contributed by atoms with Crippen molar-refractivity contribution in [1.82, 2.24) is 0 Å². The van der Waals surface area contributed by atoms with Crippen LogP contribution in [0.15, 0.2) is 249 Å². The molecule has 0 atom stereocenters. The number of benzene rings is 11. The first-order valence-corrected chi connectivity index (χ1v) is 23.8. The van der Waals surface area contributed by atoms with Crippen LogP contribution >= 0.6 is 0 Å². The molecular formula is C66H41NO2. The minimum absolute atomic E-state index is 0.626. The molecule has 3 nitrogen and oxygen atoms in total. The van der Waals surface area contributed by atoms with Crippen molar-refractivity contribution in [3.63, 3.8) is 0 Å². The van der Waals surface area contributed by atoms with Crippen molar-refractivity contribution in [2.75, 3.05) is 4.90 Å². The van der Waals surface area contributed by atoms with E-state index in [1.165, 1.54) is 55.3 Å². The van der Waals surface area contributed by atoms with Gasteiger partial charge in [-0.3, -0.25) is 0 Å². The molecule has 0 bridgehead atoms. The van der Waals surface area contributed by atoms with Gasteiger partial charge in [-0.15, -0.1) is 0 Å². The predicted molar refractivity (Wildman–Crippen MR) is 279 cm³/mol. The lowest BCUT2D eigenvalue weighted by molar-refractivity contribution is 0.436. The summed E-state index contributed by atoms with van der Waals surface area (Å²) in [7, 11) is 0. The second kappa shape index (κ2) is 14.3. The Labute approximate surface area is 400 Å². The van der Waals surface area contributed by atoms with Gasteiger partial charge in [-0.05, 0) is 128 Å². The summed E-state index contributed by atoms with van der Waals surface area (Å²) in [5.74, 6) is 3.51.